The molecule has 1 atom stereocenters. The largest absolute Gasteiger partial charge is 0.487 e. The highest BCUT2D eigenvalue weighted by atomic mass is 19.1. The van der Waals surface area contributed by atoms with Crippen molar-refractivity contribution in [1.29, 1.82) is 0 Å². The lowest BCUT2D eigenvalue weighted by Crippen LogP contribution is -2.52. The van der Waals surface area contributed by atoms with Crippen LogP contribution in [0.5, 0.6) is 5.75 Å². The van der Waals surface area contributed by atoms with Crippen LogP contribution in [0.15, 0.2) is 30.3 Å². The molecule has 26 heavy (non-hydrogen) atoms. The van der Waals surface area contributed by atoms with E-state index in [0.29, 0.717) is 30.2 Å². The van der Waals surface area contributed by atoms with E-state index < -0.39 is 0 Å². The Labute approximate surface area is 152 Å². The van der Waals surface area contributed by atoms with Gasteiger partial charge in [-0.1, -0.05) is 6.07 Å². The van der Waals surface area contributed by atoms with Crippen LogP contribution in [-0.4, -0.2) is 58.2 Å². The molecule has 2 aliphatic heterocycles. The summed E-state index contributed by atoms with van der Waals surface area (Å²) in [6.45, 7) is 3.62. The Bertz CT molecular complexity index is 807. The minimum Gasteiger partial charge on any atom is -0.487 e. The summed E-state index contributed by atoms with van der Waals surface area (Å²) < 4.78 is 20.6. The van der Waals surface area contributed by atoms with Gasteiger partial charge in [0.15, 0.2) is 0 Å². The quantitative estimate of drug-likeness (QED) is 0.840. The van der Waals surface area contributed by atoms with Crippen molar-refractivity contribution in [2.75, 3.05) is 26.7 Å². The van der Waals surface area contributed by atoms with E-state index in [1.165, 1.54) is 12.1 Å². The van der Waals surface area contributed by atoms with Crippen LogP contribution in [0.3, 0.4) is 0 Å². The lowest BCUT2D eigenvalue weighted by atomic mass is 10.0. The number of carbonyl (C=O) groups is 1. The standard InChI is InChI=1S/C19H23FN4O2/c1-22-7-3-5-16(12-22)23-8-9-24-18(19(23)25)11-15(21-24)13-26-17-6-2-4-14(20)10-17/h2,4,6,10-11,16H,3,5,7-9,12-13H2,1H3/t16-/m0/s1. The monoisotopic (exact) mass is 358 g/mol. The molecule has 1 aromatic heterocycles. The number of rotatable bonds is 4. The van der Waals surface area contributed by atoms with Gasteiger partial charge in [0.05, 0.1) is 6.54 Å². The van der Waals surface area contributed by atoms with Gasteiger partial charge in [-0.25, -0.2) is 4.39 Å². The molecular weight excluding hydrogens is 335 g/mol. The third kappa shape index (κ3) is 3.44. The first-order valence-corrected chi connectivity index (χ1v) is 9.05. The van der Waals surface area contributed by atoms with Crippen molar-refractivity contribution in [3.05, 3.63) is 47.5 Å². The lowest BCUT2D eigenvalue weighted by molar-refractivity contribution is 0.0500. The van der Waals surface area contributed by atoms with Crippen LogP contribution < -0.4 is 4.74 Å². The van der Waals surface area contributed by atoms with E-state index in [1.54, 1.807) is 22.9 Å². The third-order valence-electron chi connectivity index (χ3n) is 5.09. The number of piperidine rings is 1. The van der Waals surface area contributed by atoms with Gasteiger partial charge in [0.25, 0.3) is 5.91 Å². The van der Waals surface area contributed by atoms with Gasteiger partial charge in [0.1, 0.15) is 29.6 Å². The Hall–Kier alpha value is -2.41. The van der Waals surface area contributed by atoms with Gasteiger partial charge in [0.2, 0.25) is 0 Å². The average Bonchev–Trinajstić information content (AvgIpc) is 3.04. The highest BCUT2D eigenvalue weighted by molar-refractivity contribution is 5.93. The zero-order valence-electron chi connectivity index (χ0n) is 14.9. The van der Waals surface area contributed by atoms with E-state index in [9.17, 15) is 9.18 Å². The summed E-state index contributed by atoms with van der Waals surface area (Å²) in [6.07, 6.45) is 2.18. The fraction of sp³-hybridized carbons (Fsp3) is 0.474. The van der Waals surface area contributed by atoms with Crippen molar-refractivity contribution in [2.45, 2.75) is 32.0 Å². The number of likely N-dealkylation sites (tertiary alicyclic amines) is 1. The SMILES string of the molecule is CN1CCC[C@H](N2CCn3nc(COc4cccc(F)c4)cc3C2=O)C1. The minimum atomic E-state index is -0.338. The average molecular weight is 358 g/mol. The molecule has 0 aliphatic carbocycles. The molecule has 0 N–H and O–H groups in total. The summed E-state index contributed by atoms with van der Waals surface area (Å²) in [7, 11) is 2.10. The topological polar surface area (TPSA) is 50.6 Å². The number of hydrogen-bond donors (Lipinski definition) is 0. The molecule has 1 fully saturated rings. The third-order valence-corrected chi connectivity index (χ3v) is 5.09. The Morgan fingerprint density at radius 1 is 1.27 bits per heavy atom. The van der Waals surface area contributed by atoms with Crippen LogP contribution in [0.2, 0.25) is 0 Å². The molecule has 0 spiro atoms. The first-order chi connectivity index (χ1) is 12.6. The summed E-state index contributed by atoms with van der Waals surface area (Å²) in [4.78, 5) is 17.2. The molecule has 0 radical (unpaired) electrons. The predicted molar refractivity (Wildman–Crippen MR) is 94.5 cm³/mol. The van der Waals surface area contributed by atoms with Crippen molar-refractivity contribution in [3.8, 4) is 5.75 Å². The molecule has 0 unspecified atom stereocenters. The number of hydrogen-bond acceptors (Lipinski definition) is 4. The van der Waals surface area contributed by atoms with Gasteiger partial charge in [-0.15, -0.1) is 0 Å². The molecule has 6 nitrogen and oxygen atoms in total. The molecule has 2 aliphatic rings. The molecule has 3 heterocycles. The van der Waals surface area contributed by atoms with Gasteiger partial charge in [-0.2, -0.15) is 5.10 Å². The van der Waals surface area contributed by atoms with Crippen molar-refractivity contribution in [1.82, 2.24) is 19.6 Å². The molecule has 4 rings (SSSR count). The van der Waals surface area contributed by atoms with Crippen molar-refractivity contribution < 1.29 is 13.9 Å². The number of ether oxygens (including phenoxy) is 1. The first-order valence-electron chi connectivity index (χ1n) is 9.05. The number of fused-ring (bicyclic) bond motifs is 1. The van der Waals surface area contributed by atoms with Gasteiger partial charge in [0, 0.05) is 25.2 Å². The van der Waals surface area contributed by atoms with Crippen molar-refractivity contribution in [3.63, 3.8) is 0 Å². The molecule has 7 heteroatoms. The van der Waals surface area contributed by atoms with Crippen LogP contribution in [0, 0.1) is 5.82 Å². The Morgan fingerprint density at radius 2 is 2.15 bits per heavy atom. The molecule has 138 valence electrons. The second-order valence-corrected chi connectivity index (χ2v) is 7.05. The number of likely N-dealkylation sites (N-methyl/N-ethyl adjacent to an activating group) is 1. The summed E-state index contributed by atoms with van der Waals surface area (Å²) >= 11 is 0. The van der Waals surface area contributed by atoms with E-state index in [-0.39, 0.29) is 24.4 Å². The number of halogens is 1. The van der Waals surface area contributed by atoms with Gasteiger partial charge in [-0.05, 0) is 44.6 Å². The smallest absolute Gasteiger partial charge is 0.272 e. The number of benzene rings is 1. The molecular formula is C19H23FN4O2. The van der Waals surface area contributed by atoms with Crippen LogP contribution in [0.4, 0.5) is 4.39 Å². The molecule has 0 bridgehead atoms. The Balaban J connectivity index is 1.45. The fourth-order valence-corrected chi connectivity index (χ4v) is 3.79. The predicted octanol–water partition coefficient (Wildman–Crippen LogP) is 2.15. The van der Waals surface area contributed by atoms with E-state index in [4.69, 9.17) is 4.74 Å². The van der Waals surface area contributed by atoms with E-state index in [1.807, 2.05) is 4.90 Å². The number of carbonyl (C=O) groups excluding carboxylic acids is 1. The summed E-state index contributed by atoms with van der Waals surface area (Å²) in [6, 6.07) is 8.08. The molecule has 1 amide bonds. The Kier molecular flexibility index (Phi) is 4.63. The summed E-state index contributed by atoms with van der Waals surface area (Å²) in [5.41, 5.74) is 1.29. The van der Waals surface area contributed by atoms with E-state index >= 15 is 0 Å². The maximum absolute atomic E-state index is 13.2. The maximum atomic E-state index is 13.2. The number of amides is 1. The van der Waals surface area contributed by atoms with Crippen molar-refractivity contribution >= 4 is 5.91 Å². The lowest BCUT2D eigenvalue weighted by Gasteiger charge is -2.39. The Morgan fingerprint density at radius 3 is 2.96 bits per heavy atom. The molecule has 0 saturated carbocycles. The van der Waals surface area contributed by atoms with Gasteiger partial charge in [-0.3, -0.25) is 9.48 Å². The number of nitrogens with zero attached hydrogens (tertiary/aromatic N) is 4. The summed E-state index contributed by atoms with van der Waals surface area (Å²) in [5.74, 6) is 0.158. The first kappa shape index (κ1) is 17.0. The highest BCUT2D eigenvalue weighted by Crippen LogP contribution is 2.22. The van der Waals surface area contributed by atoms with Gasteiger partial charge < -0.3 is 14.5 Å². The molecule has 1 aromatic carbocycles. The normalized spacial score (nSPS) is 20.9. The van der Waals surface area contributed by atoms with E-state index in [0.717, 1.165) is 25.9 Å². The second-order valence-electron chi connectivity index (χ2n) is 7.05. The zero-order valence-corrected chi connectivity index (χ0v) is 14.9. The maximum Gasteiger partial charge on any atom is 0.272 e. The summed E-state index contributed by atoms with van der Waals surface area (Å²) in [5, 5.41) is 4.47. The highest BCUT2D eigenvalue weighted by Gasteiger charge is 2.33. The molecule has 1 saturated heterocycles. The number of aromatic nitrogens is 2. The fourth-order valence-electron chi connectivity index (χ4n) is 3.79. The minimum absolute atomic E-state index is 0.0426. The van der Waals surface area contributed by atoms with Gasteiger partial charge >= 0.3 is 0 Å². The van der Waals surface area contributed by atoms with Crippen LogP contribution in [0.1, 0.15) is 29.0 Å². The van der Waals surface area contributed by atoms with Crippen LogP contribution >= 0.6 is 0 Å². The van der Waals surface area contributed by atoms with Crippen LogP contribution in [-0.2, 0) is 13.2 Å². The van der Waals surface area contributed by atoms with Crippen LogP contribution in [0.25, 0.3) is 0 Å². The second kappa shape index (κ2) is 7.07. The van der Waals surface area contributed by atoms with E-state index in [2.05, 4.69) is 17.0 Å². The zero-order chi connectivity index (χ0) is 18.1. The molecule has 2 aromatic rings. The van der Waals surface area contributed by atoms with Crippen molar-refractivity contribution in [2.24, 2.45) is 0 Å².